The van der Waals surface area contributed by atoms with E-state index in [1.165, 1.54) is 0 Å². The smallest absolute Gasteiger partial charge is 0.305 e. The largest absolute Gasteiger partial charge is 0.466 e. The number of ketones is 1. The molecule has 3 heteroatoms. The van der Waals surface area contributed by atoms with Crippen LogP contribution in [0.25, 0.3) is 0 Å². The van der Waals surface area contributed by atoms with E-state index in [0.29, 0.717) is 25.9 Å². The maximum atomic E-state index is 12.0. The molecule has 0 radical (unpaired) electrons. The van der Waals surface area contributed by atoms with Crippen LogP contribution in [0.3, 0.4) is 0 Å². The Balaban J connectivity index is 2.33. The first-order valence-electron chi connectivity index (χ1n) is 7.46. The van der Waals surface area contributed by atoms with Gasteiger partial charge in [-0.15, -0.1) is 0 Å². The quantitative estimate of drug-likeness (QED) is 0.389. The molecule has 114 valence electrons. The van der Waals surface area contributed by atoms with Crippen LogP contribution >= 0.6 is 0 Å². The van der Waals surface area contributed by atoms with Gasteiger partial charge in [0.15, 0.2) is 5.78 Å². The number of rotatable bonds is 9. The van der Waals surface area contributed by atoms with E-state index in [1.807, 2.05) is 37.3 Å². The molecule has 0 aliphatic carbocycles. The van der Waals surface area contributed by atoms with Crippen LogP contribution in [0.2, 0.25) is 0 Å². The minimum absolute atomic E-state index is 0.134. The minimum Gasteiger partial charge on any atom is -0.466 e. The molecule has 0 amide bonds. The van der Waals surface area contributed by atoms with Gasteiger partial charge in [-0.25, -0.2) is 0 Å². The second kappa shape index (κ2) is 9.11. The fourth-order valence-corrected chi connectivity index (χ4v) is 2.06. The maximum Gasteiger partial charge on any atom is 0.305 e. The second-order valence-electron chi connectivity index (χ2n) is 5.19. The summed E-state index contributed by atoms with van der Waals surface area (Å²) in [6, 6.07) is 9.28. The molecule has 3 nitrogen and oxygen atoms in total. The number of allylic oxidation sites excluding steroid dienone is 1. The Bertz CT molecular complexity index is 476. The van der Waals surface area contributed by atoms with Crippen molar-refractivity contribution in [3.05, 3.63) is 48.0 Å². The van der Waals surface area contributed by atoms with Crippen LogP contribution in [0, 0.1) is 5.92 Å². The fourth-order valence-electron chi connectivity index (χ4n) is 2.06. The summed E-state index contributed by atoms with van der Waals surface area (Å²) in [5, 5.41) is 0. The summed E-state index contributed by atoms with van der Waals surface area (Å²) in [5.41, 5.74) is 1.76. The molecule has 0 saturated heterocycles. The molecule has 1 rings (SSSR count). The van der Waals surface area contributed by atoms with Crippen molar-refractivity contribution < 1.29 is 14.3 Å². The SMILES string of the molecule is C=C(CCC(=O)c1ccccc1)C(C)CCC(=O)OCC. The molecule has 21 heavy (non-hydrogen) atoms. The van der Waals surface area contributed by atoms with E-state index in [4.69, 9.17) is 4.74 Å². The van der Waals surface area contributed by atoms with Crippen molar-refractivity contribution in [3.8, 4) is 0 Å². The first-order chi connectivity index (χ1) is 10.0. The normalized spacial score (nSPS) is 11.7. The van der Waals surface area contributed by atoms with Crippen LogP contribution in [-0.2, 0) is 9.53 Å². The first-order valence-corrected chi connectivity index (χ1v) is 7.46. The average Bonchev–Trinajstić information content (AvgIpc) is 2.51. The van der Waals surface area contributed by atoms with Gasteiger partial charge in [0.1, 0.15) is 0 Å². The Morgan fingerprint density at radius 1 is 1.14 bits per heavy atom. The van der Waals surface area contributed by atoms with Crippen molar-refractivity contribution in [1.82, 2.24) is 0 Å². The second-order valence-corrected chi connectivity index (χ2v) is 5.19. The molecule has 1 unspecified atom stereocenters. The Morgan fingerprint density at radius 3 is 2.43 bits per heavy atom. The van der Waals surface area contributed by atoms with Gasteiger partial charge in [-0.2, -0.15) is 0 Å². The lowest BCUT2D eigenvalue weighted by Crippen LogP contribution is -2.08. The first kappa shape index (κ1) is 17.2. The molecule has 0 bridgehead atoms. The predicted octanol–water partition coefficient (Wildman–Crippen LogP) is 4.19. The number of benzene rings is 1. The van der Waals surface area contributed by atoms with Gasteiger partial charge in [0.25, 0.3) is 0 Å². The van der Waals surface area contributed by atoms with E-state index in [1.54, 1.807) is 6.92 Å². The van der Waals surface area contributed by atoms with Crippen molar-refractivity contribution in [2.45, 2.75) is 39.5 Å². The highest BCUT2D eigenvalue weighted by atomic mass is 16.5. The third kappa shape index (κ3) is 6.39. The zero-order valence-corrected chi connectivity index (χ0v) is 12.9. The third-order valence-electron chi connectivity index (χ3n) is 3.55. The van der Waals surface area contributed by atoms with Crippen LogP contribution in [0.15, 0.2) is 42.5 Å². The molecular formula is C18H24O3. The summed E-state index contributed by atoms with van der Waals surface area (Å²) in [5.74, 6) is 0.185. The van der Waals surface area contributed by atoms with E-state index in [2.05, 4.69) is 6.58 Å². The van der Waals surface area contributed by atoms with E-state index in [0.717, 1.165) is 17.6 Å². The summed E-state index contributed by atoms with van der Waals surface area (Å²) in [6.45, 7) is 8.29. The summed E-state index contributed by atoms with van der Waals surface area (Å²) >= 11 is 0. The zero-order valence-electron chi connectivity index (χ0n) is 12.9. The van der Waals surface area contributed by atoms with Gasteiger partial charge in [-0.3, -0.25) is 9.59 Å². The standard InChI is InChI=1S/C18H24O3/c1-4-21-18(20)13-11-15(3)14(2)10-12-17(19)16-8-6-5-7-9-16/h5-9,15H,2,4,10-13H2,1,3H3. The van der Waals surface area contributed by atoms with Crippen molar-refractivity contribution in [1.29, 1.82) is 0 Å². The lowest BCUT2D eigenvalue weighted by Gasteiger charge is -2.14. The average molecular weight is 288 g/mol. The lowest BCUT2D eigenvalue weighted by molar-refractivity contribution is -0.143. The molecule has 0 N–H and O–H groups in total. The van der Waals surface area contributed by atoms with Crippen LogP contribution in [0.5, 0.6) is 0 Å². The Hall–Kier alpha value is -1.90. The number of esters is 1. The molecule has 0 heterocycles. The van der Waals surface area contributed by atoms with Crippen molar-refractivity contribution >= 4 is 11.8 Å². The third-order valence-corrected chi connectivity index (χ3v) is 3.55. The molecule has 0 spiro atoms. The molecule has 0 aliphatic heterocycles. The summed E-state index contributed by atoms with van der Waals surface area (Å²) in [4.78, 5) is 23.3. The van der Waals surface area contributed by atoms with Gasteiger partial charge in [-0.1, -0.05) is 49.4 Å². The molecule has 0 fully saturated rings. The van der Waals surface area contributed by atoms with Gasteiger partial charge in [-0.05, 0) is 25.7 Å². The molecule has 0 saturated carbocycles. The van der Waals surface area contributed by atoms with E-state index in [9.17, 15) is 9.59 Å². The van der Waals surface area contributed by atoms with Crippen molar-refractivity contribution in [2.24, 2.45) is 5.92 Å². The number of ether oxygens (including phenoxy) is 1. The molecule has 0 aromatic heterocycles. The summed E-state index contributed by atoms with van der Waals surface area (Å²) in [7, 11) is 0. The van der Waals surface area contributed by atoms with Crippen LogP contribution in [-0.4, -0.2) is 18.4 Å². The predicted molar refractivity (Wildman–Crippen MR) is 84.2 cm³/mol. The molecule has 1 aromatic carbocycles. The number of hydrogen-bond acceptors (Lipinski definition) is 3. The zero-order chi connectivity index (χ0) is 15.7. The van der Waals surface area contributed by atoms with Gasteiger partial charge in [0.05, 0.1) is 6.61 Å². The molecular weight excluding hydrogens is 264 g/mol. The van der Waals surface area contributed by atoms with Crippen LogP contribution < -0.4 is 0 Å². The topological polar surface area (TPSA) is 43.4 Å². The molecule has 1 aromatic rings. The van der Waals surface area contributed by atoms with Gasteiger partial charge in [0, 0.05) is 18.4 Å². The van der Waals surface area contributed by atoms with Crippen molar-refractivity contribution in [2.75, 3.05) is 6.61 Å². The Kier molecular flexibility index (Phi) is 7.44. The van der Waals surface area contributed by atoms with Gasteiger partial charge < -0.3 is 4.74 Å². The number of hydrogen-bond donors (Lipinski definition) is 0. The molecule has 0 aliphatic rings. The van der Waals surface area contributed by atoms with E-state index in [-0.39, 0.29) is 17.7 Å². The van der Waals surface area contributed by atoms with Crippen LogP contribution in [0.1, 0.15) is 49.9 Å². The number of Topliss-reactive ketones (excluding diaryl/α,β-unsaturated/α-hetero) is 1. The van der Waals surface area contributed by atoms with E-state index >= 15 is 0 Å². The van der Waals surface area contributed by atoms with Gasteiger partial charge in [0.2, 0.25) is 0 Å². The minimum atomic E-state index is -0.169. The van der Waals surface area contributed by atoms with E-state index < -0.39 is 0 Å². The lowest BCUT2D eigenvalue weighted by atomic mass is 9.92. The van der Waals surface area contributed by atoms with Crippen LogP contribution in [0.4, 0.5) is 0 Å². The summed E-state index contributed by atoms with van der Waals surface area (Å²) < 4.78 is 4.91. The Morgan fingerprint density at radius 2 is 1.81 bits per heavy atom. The number of carbonyl (C=O) groups excluding carboxylic acids is 2. The summed E-state index contributed by atoms with van der Waals surface area (Å²) in [6.07, 6.45) is 2.25. The number of carbonyl (C=O) groups is 2. The maximum absolute atomic E-state index is 12.0. The molecule has 1 atom stereocenters. The monoisotopic (exact) mass is 288 g/mol. The fraction of sp³-hybridized carbons (Fsp3) is 0.444. The van der Waals surface area contributed by atoms with Gasteiger partial charge >= 0.3 is 5.97 Å². The Labute approximate surface area is 127 Å². The highest BCUT2D eigenvalue weighted by molar-refractivity contribution is 5.96. The highest BCUT2D eigenvalue weighted by Crippen LogP contribution is 2.20. The van der Waals surface area contributed by atoms with Crippen molar-refractivity contribution in [3.63, 3.8) is 0 Å². The highest BCUT2D eigenvalue weighted by Gasteiger charge is 2.12.